The predicted molar refractivity (Wildman–Crippen MR) is 111 cm³/mol. The van der Waals surface area contributed by atoms with Crippen molar-refractivity contribution in [3.05, 3.63) is 47.5 Å². The molecular weight excluding hydrogens is 416 g/mol. The minimum atomic E-state index is -3.77. The van der Waals surface area contributed by atoms with Crippen molar-refractivity contribution in [2.75, 3.05) is 32.6 Å². The van der Waals surface area contributed by atoms with Gasteiger partial charge in [0.2, 0.25) is 15.9 Å². The number of rotatable bonds is 6. The van der Waals surface area contributed by atoms with Gasteiger partial charge in [0.25, 0.3) is 0 Å². The van der Waals surface area contributed by atoms with Crippen LogP contribution in [0.5, 0.6) is 11.5 Å². The Balaban J connectivity index is 1.66. The van der Waals surface area contributed by atoms with Crippen LogP contribution in [-0.2, 0) is 14.8 Å². The van der Waals surface area contributed by atoms with E-state index in [4.69, 9.17) is 21.1 Å². The van der Waals surface area contributed by atoms with Gasteiger partial charge in [-0.2, -0.15) is 4.31 Å². The topological polar surface area (TPSA) is 84.9 Å². The fourth-order valence-electron chi connectivity index (χ4n) is 3.29. The van der Waals surface area contributed by atoms with Crippen LogP contribution in [0.2, 0.25) is 5.02 Å². The second kappa shape index (κ2) is 9.02. The number of anilines is 1. The molecule has 1 heterocycles. The van der Waals surface area contributed by atoms with Crippen LogP contribution < -0.4 is 14.8 Å². The zero-order valence-electron chi connectivity index (χ0n) is 16.2. The Morgan fingerprint density at radius 1 is 1.10 bits per heavy atom. The Morgan fingerprint density at radius 2 is 1.83 bits per heavy atom. The summed E-state index contributed by atoms with van der Waals surface area (Å²) in [6.45, 7) is 0.488. The summed E-state index contributed by atoms with van der Waals surface area (Å²) in [7, 11) is -0.793. The predicted octanol–water partition coefficient (Wildman–Crippen LogP) is 3.40. The van der Waals surface area contributed by atoms with Crippen LogP contribution >= 0.6 is 11.6 Å². The molecule has 1 aliphatic heterocycles. The number of carbonyl (C=O) groups excluding carboxylic acids is 1. The van der Waals surface area contributed by atoms with Crippen molar-refractivity contribution >= 4 is 33.2 Å². The molecule has 1 saturated heterocycles. The highest BCUT2D eigenvalue weighted by molar-refractivity contribution is 7.89. The number of benzene rings is 2. The first-order valence-corrected chi connectivity index (χ1v) is 11.0. The van der Waals surface area contributed by atoms with Crippen molar-refractivity contribution in [2.24, 2.45) is 5.92 Å². The largest absolute Gasteiger partial charge is 0.497 e. The third-order valence-corrected chi connectivity index (χ3v) is 7.06. The quantitative estimate of drug-likeness (QED) is 0.747. The monoisotopic (exact) mass is 438 g/mol. The molecule has 1 fully saturated rings. The van der Waals surface area contributed by atoms with Crippen LogP contribution in [-0.4, -0.2) is 45.9 Å². The molecule has 3 rings (SSSR count). The molecule has 0 saturated carbocycles. The van der Waals surface area contributed by atoms with E-state index in [0.29, 0.717) is 29.3 Å². The van der Waals surface area contributed by atoms with E-state index in [1.165, 1.54) is 23.5 Å². The van der Waals surface area contributed by atoms with Crippen molar-refractivity contribution < 1.29 is 22.7 Å². The fourth-order valence-corrected chi connectivity index (χ4v) is 5.18. The maximum absolute atomic E-state index is 13.0. The summed E-state index contributed by atoms with van der Waals surface area (Å²) in [6, 6.07) is 11.6. The van der Waals surface area contributed by atoms with Crippen LogP contribution in [0.15, 0.2) is 47.4 Å². The van der Waals surface area contributed by atoms with E-state index in [-0.39, 0.29) is 35.6 Å². The summed E-state index contributed by atoms with van der Waals surface area (Å²) in [5.41, 5.74) is 0.646. The number of halogens is 1. The highest BCUT2D eigenvalue weighted by atomic mass is 35.5. The van der Waals surface area contributed by atoms with E-state index >= 15 is 0 Å². The maximum Gasteiger partial charge on any atom is 0.246 e. The fraction of sp³-hybridized carbons (Fsp3) is 0.350. The van der Waals surface area contributed by atoms with E-state index in [2.05, 4.69) is 5.32 Å². The first kappa shape index (κ1) is 21.4. The Kier molecular flexibility index (Phi) is 6.66. The number of nitrogens with zero attached hydrogens (tertiary/aromatic N) is 1. The van der Waals surface area contributed by atoms with Gasteiger partial charge in [-0.25, -0.2) is 8.42 Å². The summed E-state index contributed by atoms with van der Waals surface area (Å²) in [5, 5.41) is 3.19. The molecule has 0 bridgehead atoms. The Morgan fingerprint density at radius 3 is 2.48 bits per heavy atom. The summed E-state index contributed by atoms with van der Waals surface area (Å²) >= 11 is 5.98. The summed E-state index contributed by atoms with van der Waals surface area (Å²) < 4.78 is 37.8. The van der Waals surface area contributed by atoms with Crippen LogP contribution in [0.1, 0.15) is 12.8 Å². The molecule has 0 aromatic heterocycles. The maximum atomic E-state index is 13.0. The number of ether oxygens (including phenoxy) is 2. The molecule has 1 amide bonds. The number of carbonyl (C=O) groups is 1. The first-order valence-electron chi connectivity index (χ1n) is 9.13. The lowest BCUT2D eigenvalue weighted by molar-refractivity contribution is -0.120. The van der Waals surface area contributed by atoms with Crippen molar-refractivity contribution in [3.8, 4) is 11.5 Å². The molecule has 156 valence electrons. The van der Waals surface area contributed by atoms with E-state index in [1.807, 2.05) is 0 Å². The van der Waals surface area contributed by atoms with Crippen molar-refractivity contribution in [2.45, 2.75) is 17.7 Å². The molecule has 1 aliphatic rings. The summed E-state index contributed by atoms with van der Waals surface area (Å²) in [6.07, 6.45) is 0.857. The molecule has 0 unspecified atom stereocenters. The van der Waals surface area contributed by atoms with Crippen LogP contribution in [0.4, 0.5) is 5.69 Å². The highest BCUT2D eigenvalue weighted by Crippen LogP contribution is 2.32. The van der Waals surface area contributed by atoms with Gasteiger partial charge in [-0.3, -0.25) is 4.79 Å². The Labute approximate surface area is 175 Å². The molecule has 2 aromatic rings. The smallest absolute Gasteiger partial charge is 0.246 e. The zero-order valence-corrected chi connectivity index (χ0v) is 17.8. The number of piperidine rings is 1. The number of hydrogen-bond acceptors (Lipinski definition) is 5. The van der Waals surface area contributed by atoms with Gasteiger partial charge in [0.15, 0.2) is 0 Å². The highest BCUT2D eigenvalue weighted by Gasteiger charge is 2.33. The van der Waals surface area contributed by atoms with Gasteiger partial charge in [-0.1, -0.05) is 17.7 Å². The Hall–Kier alpha value is -2.29. The van der Waals surface area contributed by atoms with Gasteiger partial charge < -0.3 is 14.8 Å². The molecule has 7 nitrogen and oxygen atoms in total. The molecule has 0 radical (unpaired) electrons. The minimum absolute atomic E-state index is 0.0341. The standard InChI is InChI=1S/C20H23ClN2O5S/c1-27-17-5-3-4-16(13-17)22-20(24)14-8-10-23(11-9-14)29(25,26)19-12-15(21)6-7-18(19)28-2/h3-7,12-14H,8-11H2,1-2H3,(H,22,24). The lowest BCUT2D eigenvalue weighted by Gasteiger charge is -2.31. The molecular formula is C20H23ClN2O5S. The minimum Gasteiger partial charge on any atom is -0.497 e. The van der Waals surface area contributed by atoms with Crippen molar-refractivity contribution in [1.82, 2.24) is 4.31 Å². The van der Waals surface area contributed by atoms with Crippen LogP contribution in [0, 0.1) is 5.92 Å². The number of methoxy groups -OCH3 is 2. The average Bonchev–Trinajstić information content (AvgIpc) is 2.74. The summed E-state index contributed by atoms with van der Waals surface area (Å²) in [4.78, 5) is 12.6. The van der Waals surface area contributed by atoms with Crippen LogP contribution in [0.3, 0.4) is 0 Å². The van der Waals surface area contributed by atoms with Gasteiger partial charge >= 0.3 is 0 Å². The normalized spacial score (nSPS) is 15.7. The first-order chi connectivity index (χ1) is 13.8. The Bertz CT molecular complexity index is 988. The molecule has 2 aromatic carbocycles. The van der Waals surface area contributed by atoms with Gasteiger partial charge in [0.05, 0.1) is 14.2 Å². The third-order valence-electron chi connectivity index (χ3n) is 4.91. The molecule has 1 N–H and O–H groups in total. The van der Waals surface area contributed by atoms with Gasteiger partial charge in [0.1, 0.15) is 16.4 Å². The van der Waals surface area contributed by atoms with Crippen molar-refractivity contribution in [1.29, 1.82) is 0 Å². The lowest BCUT2D eigenvalue weighted by atomic mass is 9.97. The van der Waals surface area contributed by atoms with E-state index in [0.717, 1.165) is 0 Å². The number of hydrogen-bond donors (Lipinski definition) is 1. The summed E-state index contributed by atoms with van der Waals surface area (Å²) in [5.74, 6) is 0.496. The van der Waals surface area contributed by atoms with E-state index in [1.54, 1.807) is 37.4 Å². The number of sulfonamides is 1. The molecule has 0 aliphatic carbocycles. The average molecular weight is 439 g/mol. The molecule has 0 atom stereocenters. The zero-order chi connectivity index (χ0) is 21.0. The third kappa shape index (κ3) is 4.83. The second-order valence-electron chi connectivity index (χ2n) is 6.69. The van der Waals surface area contributed by atoms with Gasteiger partial charge in [0, 0.05) is 35.8 Å². The van der Waals surface area contributed by atoms with E-state index in [9.17, 15) is 13.2 Å². The van der Waals surface area contributed by atoms with Crippen LogP contribution in [0.25, 0.3) is 0 Å². The lowest BCUT2D eigenvalue weighted by Crippen LogP contribution is -2.41. The SMILES string of the molecule is COc1cccc(NC(=O)C2CCN(S(=O)(=O)c3cc(Cl)ccc3OC)CC2)c1. The van der Waals surface area contributed by atoms with E-state index < -0.39 is 10.0 Å². The van der Waals surface area contributed by atoms with Crippen molar-refractivity contribution in [3.63, 3.8) is 0 Å². The second-order valence-corrected chi connectivity index (χ2v) is 9.04. The van der Waals surface area contributed by atoms with Gasteiger partial charge in [-0.15, -0.1) is 0 Å². The van der Waals surface area contributed by atoms with Gasteiger partial charge in [-0.05, 0) is 43.2 Å². The number of amides is 1. The molecule has 29 heavy (non-hydrogen) atoms. The molecule has 9 heteroatoms. The molecule has 0 spiro atoms. The number of nitrogens with one attached hydrogen (secondary N) is 1.